The van der Waals surface area contributed by atoms with E-state index < -0.39 is 0 Å². The van der Waals surface area contributed by atoms with E-state index in [1.54, 1.807) is 6.92 Å². The minimum atomic E-state index is 0.0913. The first-order valence-corrected chi connectivity index (χ1v) is 6.83. The highest BCUT2D eigenvalue weighted by Gasteiger charge is 2.13. The van der Waals surface area contributed by atoms with Crippen LogP contribution in [-0.4, -0.2) is 18.9 Å². The number of anilines is 1. The molecular weight excluding hydrogens is 278 g/mol. The molecular formula is C14H20BrNO. The summed E-state index contributed by atoms with van der Waals surface area (Å²) in [7, 11) is 2.10. The molecule has 0 aromatic heterocycles. The molecule has 2 nitrogen and oxygen atoms in total. The maximum atomic E-state index is 11.3. The third-order valence-electron chi connectivity index (χ3n) is 3.23. The molecule has 0 heterocycles. The van der Waals surface area contributed by atoms with E-state index in [4.69, 9.17) is 0 Å². The van der Waals surface area contributed by atoms with Gasteiger partial charge < -0.3 is 4.90 Å². The number of benzene rings is 1. The Labute approximate surface area is 112 Å². The lowest BCUT2D eigenvalue weighted by molar-refractivity contribution is 0.101. The predicted molar refractivity (Wildman–Crippen MR) is 76.9 cm³/mol. The van der Waals surface area contributed by atoms with Crippen molar-refractivity contribution in [3.05, 3.63) is 28.2 Å². The van der Waals surface area contributed by atoms with Gasteiger partial charge in [-0.15, -0.1) is 0 Å². The van der Waals surface area contributed by atoms with Crippen molar-refractivity contribution in [1.29, 1.82) is 0 Å². The Morgan fingerprint density at radius 2 is 1.94 bits per heavy atom. The fraction of sp³-hybridized carbons (Fsp3) is 0.500. The molecule has 94 valence electrons. The first-order chi connectivity index (χ1) is 8.01. The summed E-state index contributed by atoms with van der Waals surface area (Å²) in [6.45, 7) is 5.98. The summed E-state index contributed by atoms with van der Waals surface area (Å²) in [4.78, 5) is 13.6. The van der Waals surface area contributed by atoms with Crippen molar-refractivity contribution in [3.63, 3.8) is 0 Å². The standard InChI is InChI=1S/C14H20BrNO/c1-5-11(6-2)16(4)12-7-8-13(10(3)17)14(15)9-12/h7-9,11H,5-6H2,1-4H3. The number of hydrogen-bond donors (Lipinski definition) is 0. The lowest BCUT2D eigenvalue weighted by Gasteiger charge is -2.28. The summed E-state index contributed by atoms with van der Waals surface area (Å²) in [6, 6.07) is 6.47. The molecule has 0 unspecified atom stereocenters. The summed E-state index contributed by atoms with van der Waals surface area (Å²) < 4.78 is 0.875. The van der Waals surface area contributed by atoms with E-state index in [2.05, 4.69) is 41.7 Å². The Kier molecular flexibility index (Phi) is 5.19. The van der Waals surface area contributed by atoms with Crippen LogP contribution in [0.4, 0.5) is 5.69 Å². The minimum absolute atomic E-state index is 0.0913. The van der Waals surface area contributed by atoms with Gasteiger partial charge in [0.1, 0.15) is 0 Å². The Morgan fingerprint density at radius 1 is 1.35 bits per heavy atom. The zero-order valence-electron chi connectivity index (χ0n) is 11.0. The van der Waals surface area contributed by atoms with Crippen molar-refractivity contribution < 1.29 is 4.79 Å². The molecule has 17 heavy (non-hydrogen) atoms. The predicted octanol–water partition coefficient (Wildman–Crippen LogP) is 4.28. The molecule has 0 aliphatic rings. The van der Waals surface area contributed by atoms with Crippen LogP contribution in [0.2, 0.25) is 0 Å². The number of carbonyl (C=O) groups is 1. The number of rotatable bonds is 5. The quantitative estimate of drug-likeness (QED) is 0.756. The molecule has 1 aromatic rings. The number of ketones is 1. The van der Waals surface area contributed by atoms with Crippen molar-refractivity contribution in [2.45, 2.75) is 39.7 Å². The van der Waals surface area contributed by atoms with Gasteiger partial charge in [0.15, 0.2) is 5.78 Å². The van der Waals surface area contributed by atoms with E-state index in [1.807, 2.05) is 18.2 Å². The molecule has 0 aliphatic carbocycles. The molecule has 0 fully saturated rings. The first kappa shape index (κ1) is 14.2. The van der Waals surface area contributed by atoms with Gasteiger partial charge in [0.25, 0.3) is 0 Å². The molecule has 0 atom stereocenters. The van der Waals surface area contributed by atoms with Gasteiger partial charge >= 0.3 is 0 Å². The highest BCUT2D eigenvalue weighted by Crippen LogP contribution is 2.26. The Morgan fingerprint density at radius 3 is 2.35 bits per heavy atom. The fourth-order valence-corrected chi connectivity index (χ4v) is 2.70. The van der Waals surface area contributed by atoms with E-state index in [-0.39, 0.29) is 5.78 Å². The SMILES string of the molecule is CCC(CC)N(C)c1ccc(C(C)=O)c(Br)c1. The highest BCUT2D eigenvalue weighted by molar-refractivity contribution is 9.10. The van der Waals surface area contributed by atoms with Gasteiger partial charge in [-0.2, -0.15) is 0 Å². The zero-order valence-corrected chi connectivity index (χ0v) is 12.5. The second kappa shape index (κ2) is 6.20. The second-order valence-corrected chi connectivity index (χ2v) is 5.16. The Hall–Kier alpha value is -0.830. The van der Waals surface area contributed by atoms with Gasteiger partial charge in [-0.05, 0) is 53.9 Å². The highest BCUT2D eigenvalue weighted by atomic mass is 79.9. The van der Waals surface area contributed by atoms with Gasteiger partial charge in [0, 0.05) is 28.8 Å². The van der Waals surface area contributed by atoms with Gasteiger partial charge in [-0.25, -0.2) is 0 Å². The Balaban J connectivity index is 3.00. The van der Waals surface area contributed by atoms with Gasteiger partial charge in [0.05, 0.1) is 0 Å². The smallest absolute Gasteiger partial charge is 0.160 e. The maximum absolute atomic E-state index is 11.3. The molecule has 0 N–H and O–H groups in total. The normalized spacial score (nSPS) is 10.7. The average Bonchev–Trinajstić information content (AvgIpc) is 2.29. The van der Waals surface area contributed by atoms with Crippen LogP contribution < -0.4 is 4.90 Å². The van der Waals surface area contributed by atoms with E-state index in [9.17, 15) is 4.79 Å². The second-order valence-electron chi connectivity index (χ2n) is 4.30. The summed E-state index contributed by atoms with van der Waals surface area (Å²) in [5, 5.41) is 0. The van der Waals surface area contributed by atoms with E-state index in [0.29, 0.717) is 6.04 Å². The van der Waals surface area contributed by atoms with Crippen LogP contribution in [0, 0.1) is 0 Å². The molecule has 1 rings (SSSR count). The largest absolute Gasteiger partial charge is 0.372 e. The topological polar surface area (TPSA) is 20.3 Å². The first-order valence-electron chi connectivity index (χ1n) is 6.04. The maximum Gasteiger partial charge on any atom is 0.160 e. The number of halogens is 1. The lowest BCUT2D eigenvalue weighted by atomic mass is 10.1. The van der Waals surface area contributed by atoms with Crippen molar-refractivity contribution in [1.82, 2.24) is 0 Å². The van der Waals surface area contributed by atoms with E-state index in [0.717, 1.165) is 28.6 Å². The van der Waals surface area contributed by atoms with Crippen molar-refractivity contribution in [2.24, 2.45) is 0 Å². The van der Waals surface area contributed by atoms with Crippen molar-refractivity contribution >= 4 is 27.4 Å². The van der Waals surface area contributed by atoms with Gasteiger partial charge in [-0.3, -0.25) is 4.79 Å². The summed E-state index contributed by atoms with van der Waals surface area (Å²) in [5.74, 6) is 0.0913. The summed E-state index contributed by atoms with van der Waals surface area (Å²) in [5.41, 5.74) is 1.89. The third-order valence-corrected chi connectivity index (χ3v) is 3.89. The van der Waals surface area contributed by atoms with Crippen LogP contribution in [0.25, 0.3) is 0 Å². The van der Waals surface area contributed by atoms with Crippen LogP contribution in [0.1, 0.15) is 44.0 Å². The number of carbonyl (C=O) groups excluding carboxylic acids is 1. The van der Waals surface area contributed by atoms with Gasteiger partial charge in [-0.1, -0.05) is 13.8 Å². The lowest BCUT2D eigenvalue weighted by Crippen LogP contribution is -2.30. The molecule has 1 aromatic carbocycles. The van der Waals surface area contributed by atoms with Crippen LogP contribution in [-0.2, 0) is 0 Å². The summed E-state index contributed by atoms with van der Waals surface area (Å²) in [6.07, 6.45) is 2.25. The third kappa shape index (κ3) is 3.32. The molecule has 0 bridgehead atoms. The molecule has 3 heteroatoms. The number of hydrogen-bond acceptors (Lipinski definition) is 2. The van der Waals surface area contributed by atoms with Crippen molar-refractivity contribution in [3.8, 4) is 0 Å². The zero-order chi connectivity index (χ0) is 13.0. The van der Waals surface area contributed by atoms with E-state index >= 15 is 0 Å². The fourth-order valence-electron chi connectivity index (χ4n) is 2.06. The molecule has 0 spiro atoms. The van der Waals surface area contributed by atoms with Gasteiger partial charge in [0.2, 0.25) is 0 Å². The molecule has 0 saturated heterocycles. The number of Topliss-reactive ketones (excluding diaryl/α,β-unsaturated/α-hetero) is 1. The van der Waals surface area contributed by atoms with Crippen LogP contribution in [0.5, 0.6) is 0 Å². The molecule has 0 aliphatic heterocycles. The minimum Gasteiger partial charge on any atom is -0.372 e. The monoisotopic (exact) mass is 297 g/mol. The molecule has 0 radical (unpaired) electrons. The Bertz CT molecular complexity index is 399. The van der Waals surface area contributed by atoms with E-state index in [1.165, 1.54) is 0 Å². The summed E-state index contributed by atoms with van der Waals surface area (Å²) >= 11 is 3.46. The number of nitrogens with zero attached hydrogens (tertiary/aromatic N) is 1. The average molecular weight is 298 g/mol. The van der Waals surface area contributed by atoms with Crippen LogP contribution in [0.15, 0.2) is 22.7 Å². The van der Waals surface area contributed by atoms with Crippen LogP contribution >= 0.6 is 15.9 Å². The molecule has 0 saturated carbocycles. The van der Waals surface area contributed by atoms with Crippen molar-refractivity contribution in [2.75, 3.05) is 11.9 Å². The van der Waals surface area contributed by atoms with Crippen LogP contribution in [0.3, 0.4) is 0 Å². The molecule has 0 amide bonds.